The van der Waals surface area contributed by atoms with Gasteiger partial charge in [-0.25, -0.2) is 18.4 Å². The average Bonchev–Trinajstić information content (AvgIpc) is 2.90. The smallest absolute Gasteiger partial charge is 0.377 e. The molecule has 0 radical (unpaired) electrons. The number of sulfonamides is 1. The highest BCUT2D eigenvalue weighted by atomic mass is 32.2. The molecule has 214 valence electrons. The third-order valence-electron chi connectivity index (χ3n) is 6.20. The Bertz CT molecular complexity index is 1490. The lowest BCUT2D eigenvalue weighted by Gasteiger charge is -2.33. The summed E-state index contributed by atoms with van der Waals surface area (Å²) in [5.41, 5.74) is 0.0234. The molecular formula is C25H28F3N7O4S. The zero-order valence-corrected chi connectivity index (χ0v) is 22.8. The number of aromatic nitrogens is 3. The molecule has 0 saturated carbocycles. The third-order valence-corrected chi connectivity index (χ3v) is 7.37. The minimum atomic E-state index is -4.76. The number of halogens is 3. The molecule has 3 aromatic rings. The Morgan fingerprint density at radius 1 is 1.23 bits per heavy atom. The number of morpholine rings is 1. The van der Waals surface area contributed by atoms with Crippen molar-refractivity contribution < 1.29 is 31.1 Å². The zero-order valence-electron chi connectivity index (χ0n) is 21.9. The first kappa shape index (κ1) is 29.0. The van der Waals surface area contributed by atoms with E-state index in [2.05, 4.69) is 25.6 Å². The third kappa shape index (κ3) is 6.77. The number of rotatable bonds is 8. The number of carbonyl (C=O) groups excluding carboxylic acids is 1. The molecule has 1 saturated heterocycles. The summed E-state index contributed by atoms with van der Waals surface area (Å²) in [4.78, 5) is 26.6. The molecule has 1 aliphatic heterocycles. The van der Waals surface area contributed by atoms with Crippen molar-refractivity contribution >= 4 is 39.2 Å². The van der Waals surface area contributed by atoms with Crippen LogP contribution < -0.4 is 14.9 Å². The maximum atomic E-state index is 13.8. The Morgan fingerprint density at radius 3 is 2.70 bits per heavy atom. The van der Waals surface area contributed by atoms with Crippen LogP contribution in [0.25, 0.3) is 0 Å². The first-order valence-electron chi connectivity index (χ1n) is 12.2. The van der Waals surface area contributed by atoms with Crippen molar-refractivity contribution in [1.82, 2.24) is 19.9 Å². The van der Waals surface area contributed by atoms with Crippen molar-refractivity contribution in [2.75, 3.05) is 48.0 Å². The van der Waals surface area contributed by atoms with Crippen LogP contribution in [0.1, 0.15) is 28.4 Å². The summed E-state index contributed by atoms with van der Waals surface area (Å²) in [5.74, 6) is -0.785. The van der Waals surface area contributed by atoms with Crippen LogP contribution in [0.5, 0.6) is 0 Å². The van der Waals surface area contributed by atoms with Crippen molar-refractivity contribution in [2.45, 2.75) is 25.7 Å². The van der Waals surface area contributed by atoms with Crippen LogP contribution in [0.4, 0.5) is 36.4 Å². The highest BCUT2D eigenvalue weighted by Gasteiger charge is 2.35. The molecule has 0 aliphatic carbocycles. The predicted octanol–water partition coefficient (Wildman–Crippen LogP) is 3.50. The van der Waals surface area contributed by atoms with Crippen LogP contribution in [-0.2, 0) is 27.5 Å². The highest BCUT2D eigenvalue weighted by molar-refractivity contribution is 7.92. The fraction of sp³-hybridized carbons (Fsp3) is 0.360. The van der Waals surface area contributed by atoms with E-state index in [1.807, 2.05) is 6.92 Å². The van der Waals surface area contributed by atoms with Crippen LogP contribution in [0.2, 0.25) is 0 Å². The highest BCUT2D eigenvalue weighted by Crippen LogP contribution is 2.34. The molecule has 0 bridgehead atoms. The lowest BCUT2D eigenvalue weighted by molar-refractivity contribution is -0.137. The maximum absolute atomic E-state index is 13.8. The second kappa shape index (κ2) is 11.6. The SMILES string of the molecule is C[C@H]1COCCN1C(=O)c1cccc(Nc2ncc(C(F)(F)F)c(NCc3cccnc3N(C)S(C)(=O)=O)n2)c1. The Labute approximate surface area is 229 Å². The largest absolute Gasteiger partial charge is 0.421 e. The summed E-state index contributed by atoms with van der Waals surface area (Å²) in [5, 5.41) is 5.50. The molecule has 11 nitrogen and oxygen atoms in total. The van der Waals surface area contributed by atoms with Crippen LogP contribution in [0.3, 0.4) is 0 Å². The number of amides is 1. The molecule has 3 heterocycles. The van der Waals surface area contributed by atoms with Gasteiger partial charge in [0.05, 0.1) is 25.5 Å². The molecule has 2 aromatic heterocycles. The van der Waals surface area contributed by atoms with Crippen molar-refractivity contribution in [1.29, 1.82) is 0 Å². The molecule has 1 atom stereocenters. The van der Waals surface area contributed by atoms with Crippen molar-refractivity contribution in [3.8, 4) is 0 Å². The average molecular weight is 580 g/mol. The zero-order chi connectivity index (χ0) is 29.1. The molecule has 15 heteroatoms. The van der Waals surface area contributed by atoms with Crippen LogP contribution in [0.15, 0.2) is 48.8 Å². The van der Waals surface area contributed by atoms with Gasteiger partial charge in [0, 0.05) is 49.3 Å². The number of ether oxygens (including phenoxy) is 1. The van der Waals surface area contributed by atoms with Crippen molar-refractivity contribution in [2.24, 2.45) is 0 Å². The second-order valence-electron chi connectivity index (χ2n) is 9.15. The normalized spacial score (nSPS) is 15.9. The van der Waals surface area contributed by atoms with Crippen molar-refractivity contribution in [3.63, 3.8) is 0 Å². The number of nitrogens with one attached hydrogen (secondary N) is 2. The monoisotopic (exact) mass is 579 g/mol. The van der Waals surface area contributed by atoms with Gasteiger partial charge in [-0.05, 0) is 31.2 Å². The number of alkyl halides is 3. The van der Waals surface area contributed by atoms with Crippen LogP contribution >= 0.6 is 0 Å². The molecule has 0 spiro atoms. The van der Waals surface area contributed by atoms with Gasteiger partial charge in [-0.2, -0.15) is 18.2 Å². The number of anilines is 4. The number of hydrogen-bond donors (Lipinski definition) is 2. The number of hydrogen-bond acceptors (Lipinski definition) is 9. The van der Waals surface area contributed by atoms with E-state index in [4.69, 9.17) is 4.74 Å². The maximum Gasteiger partial charge on any atom is 0.421 e. The van der Waals surface area contributed by atoms with Gasteiger partial charge < -0.3 is 20.3 Å². The lowest BCUT2D eigenvalue weighted by Crippen LogP contribution is -2.47. The van der Waals surface area contributed by atoms with Gasteiger partial charge in [0.1, 0.15) is 17.2 Å². The Kier molecular flexibility index (Phi) is 8.44. The van der Waals surface area contributed by atoms with Gasteiger partial charge in [0.15, 0.2) is 0 Å². The topological polar surface area (TPSA) is 130 Å². The second-order valence-corrected chi connectivity index (χ2v) is 11.2. The standard InChI is InChI=1S/C25H28F3N7O4S/c1-16-15-39-11-10-35(16)23(36)17-6-4-8-19(12-17)32-24-31-14-20(25(26,27)28)21(33-24)30-13-18-7-5-9-29-22(18)34(2)40(3,37)38/h4-9,12,14,16H,10-11,13,15H2,1-3H3,(H2,30,31,32,33)/t16-/m0/s1. The lowest BCUT2D eigenvalue weighted by atomic mass is 10.1. The number of pyridine rings is 1. The van der Waals surface area contributed by atoms with Crippen LogP contribution in [-0.4, -0.2) is 73.3 Å². The summed E-state index contributed by atoms with van der Waals surface area (Å²) in [7, 11) is -2.36. The molecule has 1 fully saturated rings. The Balaban J connectivity index is 1.58. The number of nitrogens with zero attached hydrogens (tertiary/aromatic N) is 5. The summed E-state index contributed by atoms with van der Waals surface area (Å²) in [6.45, 7) is 3.01. The molecule has 4 rings (SSSR count). The van der Waals surface area contributed by atoms with E-state index in [0.29, 0.717) is 42.8 Å². The van der Waals surface area contributed by atoms with Crippen molar-refractivity contribution in [3.05, 3.63) is 65.5 Å². The van der Waals surface area contributed by atoms with E-state index in [9.17, 15) is 26.4 Å². The van der Waals surface area contributed by atoms with E-state index in [1.54, 1.807) is 41.3 Å². The molecular weight excluding hydrogens is 551 g/mol. The van der Waals surface area contributed by atoms with E-state index in [1.165, 1.54) is 13.2 Å². The minimum Gasteiger partial charge on any atom is -0.377 e. The quantitative estimate of drug-likeness (QED) is 0.412. The number of benzene rings is 1. The Morgan fingerprint density at radius 2 is 2.00 bits per heavy atom. The first-order valence-corrected chi connectivity index (χ1v) is 14.0. The predicted molar refractivity (Wildman–Crippen MR) is 143 cm³/mol. The van der Waals surface area contributed by atoms with Gasteiger partial charge in [-0.1, -0.05) is 12.1 Å². The van der Waals surface area contributed by atoms with Gasteiger partial charge in [0.2, 0.25) is 16.0 Å². The minimum absolute atomic E-state index is 0.0644. The number of carbonyl (C=O) groups is 1. The van der Waals surface area contributed by atoms with E-state index in [-0.39, 0.29) is 30.3 Å². The summed E-state index contributed by atoms with van der Waals surface area (Å²) in [6.07, 6.45) is -1.74. The fourth-order valence-electron chi connectivity index (χ4n) is 4.03. The van der Waals surface area contributed by atoms with E-state index >= 15 is 0 Å². The van der Waals surface area contributed by atoms with Gasteiger partial charge >= 0.3 is 6.18 Å². The van der Waals surface area contributed by atoms with E-state index in [0.717, 1.165) is 10.6 Å². The molecule has 1 aromatic carbocycles. The fourth-order valence-corrected chi connectivity index (χ4v) is 4.50. The molecule has 0 unspecified atom stereocenters. The molecule has 1 amide bonds. The molecule has 2 N–H and O–H groups in total. The van der Waals surface area contributed by atoms with Gasteiger partial charge in [-0.15, -0.1) is 0 Å². The molecule has 40 heavy (non-hydrogen) atoms. The summed E-state index contributed by atoms with van der Waals surface area (Å²) >= 11 is 0. The summed E-state index contributed by atoms with van der Waals surface area (Å²) in [6, 6.07) is 9.49. The van der Waals surface area contributed by atoms with Gasteiger partial charge in [0.25, 0.3) is 5.91 Å². The van der Waals surface area contributed by atoms with Crippen LogP contribution in [0, 0.1) is 0 Å². The van der Waals surface area contributed by atoms with E-state index < -0.39 is 27.6 Å². The first-order chi connectivity index (χ1) is 18.8. The molecule has 1 aliphatic rings. The van der Waals surface area contributed by atoms with Gasteiger partial charge in [-0.3, -0.25) is 9.10 Å². The Hall–Kier alpha value is -3.98. The summed E-state index contributed by atoms with van der Waals surface area (Å²) < 4.78 is 71.6.